The summed E-state index contributed by atoms with van der Waals surface area (Å²) in [4.78, 5) is 27.2. The van der Waals surface area contributed by atoms with Crippen LogP contribution in [0.15, 0.2) is 42.5 Å². The molecule has 0 fully saturated rings. The van der Waals surface area contributed by atoms with Gasteiger partial charge in [-0.15, -0.1) is 0 Å². The number of halogens is 1. The van der Waals surface area contributed by atoms with E-state index in [0.29, 0.717) is 49.8 Å². The molecule has 2 amide bonds. The van der Waals surface area contributed by atoms with Crippen LogP contribution in [-0.4, -0.2) is 43.0 Å². The zero-order valence-corrected chi connectivity index (χ0v) is 18.1. The van der Waals surface area contributed by atoms with Crippen LogP contribution >= 0.6 is 11.6 Å². The van der Waals surface area contributed by atoms with Crippen LogP contribution in [-0.2, 0) is 22.6 Å². The molecule has 0 unspecified atom stereocenters. The lowest BCUT2D eigenvalue weighted by molar-refractivity contribution is -0.141. The number of rotatable bonds is 8. The van der Waals surface area contributed by atoms with Gasteiger partial charge in [0.05, 0.1) is 0 Å². The number of likely N-dealkylation sites (N-methyl/N-ethyl adjacent to an activating group) is 1. The Morgan fingerprint density at radius 2 is 1.73 bits per heavy atom. The highest BCUT2D eigenvalue weighted by Gasteiger charge is 2.27. The second kappa shape index (κ2) is 10.3. The first-order valence-corrected chi connectivity index (χ1v) is 10.5. The minimum Gasteiger partial charge on any atom is -0.486 e. The molecular weight excluding hydrogens is 404 g/mol. The molecule has 3 rings (SSSR count). The number of hydrogen-bond donors (Lipinski definition) is 1. The SMILES string of the molecule is CC[C@H](C(=O)NC)N(Cc1ccc(Cl)cc1)C(=O)CCc1ccc2c(c1)OCCO2. The fraction of sp³-hybridized carbons (Fsp3) is 0.391. The van der Waals surface area contributed by atoms with Gasteiger partial charge in [-0.3, -0.25) is 9.59 Å². The Hall–Kier alpha value is -2.73. The molecular formula is C23H27ClN2O4. The van der Waals surface area contributed by atoms with Gasteiger partial charge in [-0.1, -0.05) is 36.7 Å². The number of nitrogens with zero attached hydrogens (tertiary/aromatic N) is 1. The van der Waals surface area contributed by atoms with Crippen molar-refractivity contribution in [3.8, 4) is 11.5 Å². The first-order chi connectivity index (χ1) is 14.5. The lowest BCUT2D eigenvalue weighted by Crippen LogP contribution is -2.48. The monoisotopic (exact) mass is 430 g/mol. The largest absolute Gasteiger partial charge is 0.486 e. The van der Waals surface area contributed by atoms with E-state index in [1.165, 1.54) is 0 Å². The molecule has 2 aromatic carbocycles. The first-order valence-electron chi connectivity index (χ1n) is 10.2. The quantitative estimate of drug-likeness (QED) is 0.694. The lowest BCUT2D eigenvalue weighted by Gasteiger charge is -2.30. The van der Waals surface area contributed by atoms with Gasteiger partial charge in [-0.05, 0) is 48.2 Å². The molecule has 0 aromatic heterocycles. The van der Waals surface area contributed by atoms with E-state index in [1.54, 1.807) is 24.1 Å². The van der Waals surface area contributed by atoms with E-state index >= 15 is 0 Å². The standard InChI is InChI=1S/C23H27ClN2O4/c1-3-19(23(28)25-2)26(15-17-4-8-18(24)9-5-17)22(27)11-7-16-6-10-20-21(14-16)30-13-12-29-20/h4-6,8-10,14,19H,3,7,11-13,15H2,1-2H3,(H,25,28)/t19-/m1/s1. The van der Waals surface area contributed by atoms with Crippen molar-refractivity contribution < 1.29 is 19.1 Å². The van der Waals surface area contributed by atoms with E-state index in [4.69, 9.17) is 21.1 Å². The molecule has 1 aliphatic heterocycles. The summed E-state index contributed by atoms with van der Waals surface area (Å²) in [6.45, 7) is 3.32. The summed E-state index contributed by atoms with van der Waals surface area (Å²) in [5.74, 6) is 1.20. The number of amides is 2. The molecule has 1 aliphatic rings. The zero-order valence-electron chi connectivity index (χ0n) is 17.3. The number of hydrogen-bond acceptors (Lipinski definition) is 4. The minimum atomic E-state index is -0.529. The number of ether oxygens (including phenoxy) is 2. The number of aryl methyl sites for hydroxylation is 1. The number of fused-ring (bicyclic) bond motifs is 1. The van der Waals surface area contributed by atoms with Crippen molar-refractivity contribution in [2.75, 3.05) is 20.3 Å². The predicted octanol–water partition coefficient (Wildman–Crippen LogP) is 3.60. The van der Waals surface area contributed by atoms with Crippen molar-refractivity contribution >= 4 is 23.4 Å². The minimum absolute atomic E-state index is 0.0738. The molecule has 0 bridgehead atoms. The Labute approximate surface area is 182 Å². The van der Waals surface area contributed by atoms with Gasteiger partial charge in [0.1, 0.15) is 19.3 Å². The Kier molecular flexibility index (Phi) is 7.57. The van der Waals surface area contributed by atoms with Crippen LogP contribution in [0.5, 0.6) is 11.5 Å². The number of carbonyl (C=O) groups is 2. The molecule has 0 radical (unpaired) electrons. The van der Waals surface area contributed by atoms with E-state index < -0.39 is 6.04 Å². The molecule has 0 saturated heterocycles. The number of carbonyl (C=O) groups excluding carboxylic acids is 2. The Bertz CT molecular complexity index is 885. The van der Waals surface area contributed by atoms with Gasteiger partial charge in [0.2, 0.25) is 11.8 Å². The van der Waals surface area contributed by atoms with Crippen LogP contribution in [0, 0.1) is 0 Å². The van der Waals surface area contributed by atoms with Crippen LogP contribution in [0.4, 0.5) is 0 Å². The topological polar surface area (TPSA) is 67.9 Å². The number of benzene rings is 2. The summed E-state index contributed by atoms with van der Waals surface area (Å²) >= 11 is 5.98. The average molecular weight is 431 g/mol. The van der Waals surface area contributed by atoms with E-state index in [1.807, 2.05) is 37.3 Å². The molecule has 6 nitrogen and oxygen atoms in total. The molecule has 30 heavy (non-hydrogen) atoms. The molecule has 0 spiro atoms. The first kappa shape index (κ1) is 22.0. The molecule has 160 valence electrons. The van der Waals surface area contributed by atoms with E-state index in [0.717, 1.165) is 16.9 Å². The maximum atomic E-state index is 13.2. The molecule has 0 saturated carbocycles. The third-order valence-electron chi connectivity index (χ3n) is 5.13. The van der Waals surface area contributed by atoms with E-state index in [-0.39, 0.29) is 11.8 Å². The van der Waals surface area contributed by atoms with Gasteiger partial charge in [0.15, 0.2) is 11.5 Å². The highest BCUT2D eigenvalue weighted by atomic mass is 35.5. The van der Waals surface area contributed by atoms with Gasteiger partial charge >= 0.3 is 0 Å². The maximum absolute atomic E-state index is 13.2. The van der Waals surface area contributed by atoms with Crippen LogP contribution in [0.2, 0.25) is 5.02 Å². The number of nitrogens with one attached hydrogen (secondary N) is 1. The molecule has 0 aliphatic carbocycles. The molecule has 1 N–H and O–H groups in total. The van der Waals surface area contributed by atoms with E-state index in [2.05, 4.69) is 5.32 Å². The van der Waals surface area contributed by atoms with Gasteiger partial charge in [-0.25, -0.2) is 0 Å². The Balaban J connectivity index is 1.73. The van der Waals surface area contributed by atoms with E-state index in [9.17, 15) is 9.59 Å². The third kappa shape index (κ3) is 5.45. The van der Waals surface area contributed by atoms with Crippen LogP contribution in [0.1, 0.15) is 30.9 Å². The lowest BCUT2D eigenvalue weighted by atomic mass is 10.1. The van der Waals surface area contributed by atoms with Gasteiger partial charge in [0, 0.05) is 25.0 Å². The summed E-state index contributed by atoms with van der Waals surface area (Å²) in [5.41, 5.74) is 1.92. The van der Waals surface area contributed by atoms with Gasteiger partial charge in [0.25, 0.3) is 0 Å². The smallest absolute Gasteiger partial charge is 0.242 e. The van der Waals surface area contributed by atoms with Crippen molar-refractivity contribution in [1.29, 1.82) is 0 Å². The van der Waals surface area contributed by atoms with Crippen LogP contribution in [0.25, 0.3) is 0 Å². The molecule has 7 heteroatoms. The van der Waals surface area contributed by atoms with Crippen molar-refractivity contribution in [1.82, 2.24) is 10.2 Å². The summed E-state index contributed by atoms with van der Waals surface area (Å²) in [7, 11) is 1.59. The normalized spacial score (nSPS) is 13.4. The van der Waals surface area contributed by atoms with Crippen LogP contribution < -0.4 is 14.8 Å². The average Bonchev–Trinajstić information content (AvgIpc) is 2.78. The second-order valence-electron chi connectivity index (χ2n) is 7.16. The highest BCUT2D eigenvalue weighted by molar-refractivity contribution is 6.30. The molecule has 2 aromatic rings. The molecule has 1 atom stereocenters. The summed E-state index contributed by atoms with van der Waals surface area (Å²) in [5, 5.41) is 3.30. The summed E-state index contributed by atoms with van der Waals surface area (Å²) in [6, 6.07) is 12.5. The Morgan fingerprint density at radius 1 is 1.07 bits per heavy atom. The van der Waals surface area contributed by atoms with Crippen LogP contribution in [0.3, 0.4) is 0 Å². The predicted molar refractivity (Wildman–Crippen MR) is 116 cm³/mol. The summed E-state index contributed by atoms with van der Waals surface area (Å²) in [6.07, 6.45) is 1.38. The molecule has 1 heterocycles. The van der Waals surface area contributed by atoms with Gasteiger partial charge in [-0.2, -0.15) is 0 Å². The fourth-order valence-corrected chi connectivity index (χ4v) is 3.64. The Morgan fingerprint density at radius 3 is 2.40 bits per heavy atom. The van der Waals surface area contributed by atoms with Gasteiger partial charge < -0.3 is 19.7 Å². The van der Waals surface area contributed by atoms with Crippen molar-refractivity contribution in [2.45, 2.75) is 38.8 Å². The third-order valence-corrected chi connectivity index (χ3v) is 5.38. The van der Waals surface area contributed by atoms with Crippen molar-refractivity contribution in [2.24, 2.45) is 0 Å². The fourth-order valence-electron chi connectivity index (χ4n) is 3.51. The highest BCUT2D eigenvalue weighted by Crippen LogP contribution is 2.31. The van der Waals surface area contributed by atoms with Crippen molar-refractivity contribution in [3.05, 3.63) is 58.6 Å². The maximum Gasteiger partial charge on any atom is 0.242 e. The van der Waals surface area contributed by atoms with Crippen molar-refractivity contribution in [3.63, 3.8) is 0 Å². The zero-order chi connectivity index (χ0) is 21.5. The summed E-state index contributed by atoms with van der Waals surface area (Å²) < 4.78 is 11.2. The second-order valence-corrected chi connectivity index (χ2v) is 7.60.